The second kappa shape index (κ2) is 7.21. The molecule has 4 heterocycles. The highest BCUT2D eigenvalue weighted by molar-refractivity contribution is 7.99. The van der Waals surface area contributed by atoms with E-state index in [2.05, 4.69) is 14.9 Å². The Kier molecular flexibility index (Phi) is 4.75. The Bertz CT molecular complexity index is 968. The van der Waals surface area contributed by atoms with Crippen LogP contribution in [0.4, 0.5) is 20.4 Å². The highest BCUT2D eigenvalue weighted by atomic mass is 32.2. The molecule has 160 valence electrons. The highest BCUT2D eigenvalue weighted by Crippen LogP contribution is 2.48. The average molecular weight is 436 g/mol. The summed E-state index contributed by atoms with van der Waals surface area (Å²) < 4.78 is 39.1. The second-order valence-electron chi connectivity index (χ2n) is 8.11. The number of hydrogen-bond acceptors (Lipinski definition) is 8. The van der Waals surface area contributed by atoms with Crippen LogP contribution in [0.15, 0.2) is 34.3 Å². The number of alkyl halides is 2. The number of nitrogens with two attached hydrogens (primary N) is 2. The average Bonchev–Trinajstić information content (AvgIpc) is 3.24. The zero-order valence-corrected chi connectivity index (χ0v) is 17.1. The van der Waals surface area contributed by atoms with Crippen molar-refractivity contribution in [1.29, 1.82) is 0 Å². The molecule has 2 fully saturated rings. The largest absolute Gasteiger partial charge is 0.486 e. The van der Waals surface area contributed by atoms with Crippen LogP contribution in [-0.2, 0) is 10.7 Å². The van der Waals surface area contributed by atoms with E-state index in [9.17, 15) is 8.78 Å². The molecule has 10 heteroatoms. The van der Waals surface area contributed by atoms with Gasteiger partial charge in [-0.3, -0.25) is 0 Å². The summed E-state index contributed by atoms with van der Waals surface area (Å²) in [5.41, 5.74) is 12.3. The van der Waals surface area contributed by atoms with E-state index in [-0.39, 0.29) is 28.6 Å². The Hall–Kier alpha value is -2.17. The van der Waals surface area contributed by atoms with Gasteiger partial charge in [-0.1, -0.05) is 17.8 Å². The van der Waals surface area contributed by atoms with Gasteiger partial charge in [0.05, 0.1) is 25.0 Å². The van der Waals surface area contributed by atoms with Crippen LogP contribution in [0.3, 0.4) is 0 Å². The van der Waals surface area contributed by atoms with Crippen molar-refractivity contribution in [2.75, 3.05) is 43.5 Å². The smallest absolute Gasteiger partial charge is 0.311 e. The predicted octanol–water partition coefficient (Wildman–Crippen LogP) is 2.64. The molecule has 3 aliphatic heterocycles. The van der Waals surface area contributed by atoms with Crippen LogP contribution in [0.25, 0.3) is 0 Å². The molecule has 5 rings (SSSR count). The first-order valence-corrected chi connectivity index (χ1v) is 10.7. The molecule has 0 aliphatic carbocycles. The summed E-state index contributed by atoms with van der Waals surface area (Å²) in [6.45, 7) is 2.28. The topological polar surface area (TPSA) is 99.5 Å². The molecule has 0 saturated carbocycles. The monoisotopic (exact) mass is 435 g/mol. The molecule has 3 aliphatic rings. The lowest BCUT2D eigenvalue weighted by Crippen LogP contribution is -2.49. The standard InChI is InChI=1S/C20H23F2N5O2S/c21-20(22)11-29-12-2-1-3-13(16(12)20)30-18-17(24)26-15(8-25-18)27-6-4-19(5-7-27)10-28-9-14(19)23/h1-3,8,14H,4-7,9-11,23H2,(H2,24,26). The van der Waals surface area contributed by atoms with Gasteiger partial charge in [-0.25, -0.2) is 9.97 Å². The first-order chi connectivity index (χ1) is 14.4. The number of hydrogen-bond donors (Lipinski definition) is 2. The summed E-state index contributed by atoms with van der Waals surface area (Å²) >= 11 is 1.08. The van der Waals surface area contributed by atoms with E-state index in [0.29, 0.717) is 29.0 Å². The molecular weight excluding hydrogens is 412 g/mol. The first kappa shape index (κ1) is 19.8. The van der Waals surface area contributed by atoms with Crippen LogP contribution < -0.4 is 21.1 Å². The van der Waals surface area contributed by atoms with Crippen molar-refractivity contribution in [3.63, 3.8) is 0 Å². The molecule has 1 atom stereocenters. The maximum Gasteiger partial charge on any atom is 0.311 e. The fourth-order valence-corrected chi connectivity index (χ4v) is 5.37. The molecule has 1 unspecified atom stereocenters. The van der Waals surface area contributed by atoms with Crippen LogP contribution in [0.5, 0.6) is 5.75 Å². The molecule has 1 spiro atoms. The molecule has 4 N–H and O–H groups in total. The van der Waals surface area contributed by atoms with Gasteiger partial charge in [-0.15, -0.1) is 0 Å². The van der Waals surface area contributed by atoms with Crippen molar-refractivity contribution in [3.8, 4) is 5.75 Å². The van der Waals surface area contributed by atoms with Crippen molar-refractivity contribution < 1.29 is 18.3 Å². The fraction of sp³-hybridized carbons (Fsp3) is 0.500. The van der Waals surface area contributed by atoms with E-state index >= 15 is 0 Å². The summed E-state index contributed by atoms with van der Waals surface area (Å²) in [7, 11) is 0. The van der Waals surface area contributed by atoms with E-state index < -0.39 is 12.5 Å². The Morgan fingerprint density at radius 1 is 1.20 bits per heavy atom. The molecule has 0 amide bonds. The zero-order chi connectivity index (χ0) is 20.9. The van der Waals surface area contributed by atoms with E-state index in [4.69, 9.17) is 20.9 Å². The number of nitrogen functional groups attached to an aromatic ring is 1. The van der Waals surface area contributed by atoms with Gasteiger partial charge in [0.25, 0.3) is 0 Å². The molecule has 0 radical (unpaired) electrons. The lowest BCUT2D eigenvalue weighted by Gasteiger charge is -2.41. The number of nitrogens with zero attached hydrogens (tertiary/aromatic N) is 3. The van der Waals surface area contributed by atoms with Gasteiger partial charge in [-0.2, -0.15) is 8.78 Å². The number of piperidine rings is 1. The number of fused-ring (bicyclic) bond motifs is 1. The van der Waals surface area contributed by atoms with Crippen molar-refractivity contribution in [1.82, 2.24) is 9.97 Å². The maximum atomic E-state index is 14.2. The SMILES string of the molecule is Nc1nc(N2CCC3(CC2)COCC3N)cnc1Sc1cccc2c1C(F)(F)CO2. The van der Waals surface area contributed by atoms with Crippen molar-refractivity contribution in [3.05, 3.63) is 30.0 Å². The number of anilines is 2. The minimum Gasteiger partial charge on any atom is -0.486 e. The van der Waals surface area contributed by atoms with Gasteiger partial charge in [0, 0.05) is 29.4 Å². The van der Waals surface area contributed by atoms with E-state index in [1.165, 1.54) is 0 Å². The van der Waals surface area contributed by atoms with Gasteiger partial charge in [0.15, 0.2) is 12.4 Å². The lowest BCUT2D eigenvalue weighted by molar-refractivity contribution is -0.0232. The maximum absolute atomic E-state index is 14.2. The molecular formula is C20H23F2N5O2S. The summed E-state index contributed by atoms with van der Waals surface area (Å²) in [5.74, 6) is -1.93. The quantitative estimate of drug-likeness (QED) is 0.759. The van der Waals surface area contributed by atoms with Crippen LogP contribution in [0.1, 0.15) is 18.4 Å². The molecule has 0 bridgehead atoms. The molecule has 7 nitrogen and oxygen atoms in total. The van der Waals surface area contributed by atoms with Crippen molar-refractivity contribution in [2.24, 2.45) is 11.1 Å². The molecule has 1 aromatic carbocycles. The Balaban J connectivity index is 1.33. The number of ether oxygens (including phenoxy) is 2. The van der Waals surface area contributed by atoms with Crippen LogP contribution >= 0.6 is 11.8 Å². The van der Waals surface area contributed by atoms with E-state index in [0.717, 1.165) is 37.7 Å². The number of rotatable bonds is 3. The molecule has 30 heavy (non-hydrogen) atoms. The summed E-state index contributed by atoms with van der Waals surface area (Å²) in [5, 5.41) is 0.398. The number of aromatic nitrogens is 2. The summed E-state index contributed by atoms with van der Waals surface area (Å²) in [6.07, 6.45) is 3.51. The predicted molar refractivity (Wildman–Crippen MR) is 109 cm³/mol. The van der Waals surface area contributed by atoms with Crippen molar-refractivity contribution >= 4 is 23.4 Å². The fourth-order valence-electron chi connectivity index (χ4n) is 4.40. The van der Waals surface area contributed by atoms with Gasteiger partial charge in [-0.05, 0) is 25.0 Å². The van der Waals surface area contributed by atoms with Gasteiger partial charge >= 0.3 is 5.92 Å². The minimum atomic E-state index is -3.03. The van der Waals surface area contributed by atoms with Gasteiger partial charge in [0.1, 0.15) is 16.6 Å². The minimum absolute atomic E-state index is 0.0479. The van der Waals surface area contributed by atoms with Gasteiger partial charge in [0.2, 0.25) is 0 Å². The second-order valence-corrected chi connectivity index (χ2v) is 9.14. The van der Waals surface area contributed by atoms with E-state index in [1.807, 2.05) is 0 Å². The highest BCUT2D eigenvalue weighted by Gasteiger charge is 2.45. The first-order valence-electron chi connectivity index (χ1n) is 9.91. The molecule has 1 aromatic heterocycles. The number of halogens is 2. The Morgan fingerprint density at radius 2 is 2.00 bits per heavy atom. The van der Waals surface area contributed by atoms with Crippen LogP contribution in [-0.4, -0.2) is 48.9 Å². The Morgan fingerprint density at radius 3 is 2.70 bits per heavy atom. The van der Waals surface area contributed by atoms with Crippen molar-refractivity contribution in [2.45, 2.75) is 34.7 Å². The summed E-state index contributed by atoms with van der Waals surface area (Å²) in [6, 6.07) is 4.92. The third-order valence-electron chi connectivity index (χ3n) is 6.28. The lowest BCUT2D eigenvalue weighted by atomic mass is 9.75. The third-order valence-corrected chi connectivity index (χ3v) is 7.35. The third kappa shape index (κ3) is 3.27. The van der Waals surface area contributed by atoms with Gasteiger partial charge < -0.3 is 25.8 Å². The van der Waals surface area contributed by atoms with Crippen LogP contribution in [0.2, 0.25) is 0 Å². The molecule has 2 aromatic rings. The van der Waals surface area contributed by atoms with E-state index in [1.54, 1.807) is 24.4 Å². The van der Waals surface area contributed by atoms with Crippen LogP contribution in [0, 0.1) is 5.41 Å². The molecule has 2 saturated heterocycles. The zero-order valence-electron chi connectivity index (χ0n) is 16.3. The summed E-state index contributed by atoms with van der Waals surface area (Å²) in [4.78, 5) is 11.4. The normalized spacial score (nSPS) is 24.1. The Labute approximate surface area is 177 Å². The number of benzene rings is 1.